The molecule has 118 valence electrons. The van der Waals surface area contributed by atoms with Gasteiger partial charge in [-0.05, 0) is 12.5 Å². The number of hydrogen-bond donors (Lipinski definition) is 1. The Morgan fingerprint density at radius 2 is 2.09 bits per heavy atom. The van der Waals surface area contributed by atoms with Crippen molar-refractivity contribution in [3.8, 4) is 11.1 Å². The zero-order chi connectivity index (χ0) is 16.4. The Kier molecular flexibility index (Phi) is 4.22. The van der Waals surface area contributed by atoms with Crippen molar-refractivity contribution in [3.05, 3.63) is 51.9 Å². The van der Waals surface area contributed by atoms with Crippen LogP contribution in [0.1, 0.15) is 5.56 Å². The molecule has 0 saturated heterocycles. The molecule has 1 amide bonds. The number of hydroxylamine groups is 1. The first-order valence-corrected chi connectivity index (χ1v) is 7.83. The van der Waals surface area contributed by atoms with Gasteiger partial charge in [0.25, 0.3) is 11.5 Å². The van der Waals surface area contributed by atoms with Gasteiger partial charge in [-0.2, -0.15) is 0 Å². The molecule has 0 unspecified atom stereocenters. The summed E-state index contributed by atoms with van der Waals surface area (Å²) in [4.78, 5) is 33.8. The van der Waals surface area contributed by atoms with Crippen LogP contribution in [0.2, 0.25) is 0 Å². The largest absolute Gasteiger partial charge is 0.289 e. The molecule has 0 aliphatic rings. The number of carbonyl (C=O) groups is 1. The smallest absolute Gasteiger partial charge is 0.263 e. The zero-order valence-corrected chi connectivity index (χ0v) is 13.5. The molecular weight excluding hydrogens is 314 g/mol. The van der Waals surface area contributed by atoms with Crippen LogP contribution >= 0.6 is 11.3 Å². The fourth-order valence-corrected chi connectivity index (χ4v) is 3.23. The molecule has 1 aromatic carbocycles. The summed E-state index contributed by atoms with van der Waals surface area (Å²) in [6.45, 7) is 1.87. The highest BCUT2D eigenvalue weighted by Crippen LogP contribution is 2.30. The van der Waals surface area contributed by atoms with Crippen molar-refractivity contribution in [2.45, 2.75) is 13.5 Å². The number of aromatic nitrogens is 2. The van der Waals surface area contributed by atoms with Crippen LogP contribution < -0.4 is 11.0 Å². The predicted molar refractivity (Wildman–Crippen MR) is 89.2 cm³/mol. The van der Waals surface area contributed by atoms with Gasteiger partial charge in [-0.3, -0.25) is 19.0 Å². The summed E-state index contributed by atoms with van der Waals surface area (Å²) in [7, 11) is 1.34. The molecule has 0 spiro atoms. The van der Waals surface area contributed by atoms with Crippen LogP contribution in [0.4, 0.5) is 0 Å². The fourth-order valence-electron chi connectivity index (χ4n) is 2.33. The van der Waals surface area contributed by atoms with E-state index >= 15 is 0 Å². The number of fused-ring (bicyclic) bond motifs is 1. The van der Waals surface area contributed by atoms with Crippen molar-refractivity contribution in [2.24, 2.45) is 0 Å². The maximum Gasteiger partial charge on any atom is 0.263 e. The average molecular weight is 329 g/mol. The van der Waals surface area contributed by atoms with Crippen LogP contribution in [-0.2, 0) is 16.2 Å². The second-order valence-electron chi connectivity index (χ2n) is 5.10. The number of hydrogen-bond acceptors (Lipinski definition) is 5. The van der Waals surface area contributed by atoms with Crippen molar-refractivity contribution in [1.82, 2.24) is 15.0 Å². The molecule has 2 aromatic heterocycles. The molecule has 0 radical (unpaired) electrons. The Balaban J connectivity index is 2.09. The quantitative estimate of drug-likeness (QED) is 0.744. The molecule has 0 fully saturated rings. The van der Waals surface area contributed by atoms with Gasteiger partial charge in [0.15, 0.2) is 0 Å². The molecule has 3 aromatic rings. The number of aryl methyl sites for hydroxylation is 1. The summed E-state index contributed by atoms with van der Waals surface area (Å²) in [5, 5.41) is 2.45. The van der Waals surface area contributed by atoms with E-state index in [1.54, 1.807) is 0 Å². The highest BCUT2D eigenvalue weighted by atomic mass is 32.1. The normalized spacial score (nSPS) is 10.9. The number of carbonyl (C=O) groups excluding carboxylic acids is 1. The number of nitrogens with zero attached hydrogens (tertiary/aromatic N) is 2. The maximum absolute atomic E-state index is 12.7. The third kappa shape index (κ3) is 3.01. The minimum absolute atomic E-state index is 0.140. The lowest BCUT2D eigenvalue weighted by Crippen LogP contribution is -2.31. The molecule has 0 aliphatic carbocycles. The van der Waals surface area contributed by atoms with Gasteiger partial charge in [-0.25, -0.2) is 10.5 Å². The van der Waals surface area contributed by atoms with Crippen molar-refractivity contribution in [1.29, 1.82) is 0 Å². The first-order valence-electron chi connectivity index (χ1n) is 6.95. The monoisotopic (exact) mass is 329 g/mol. The maximum atomic E-state index is 12.7. The van der Waals surface area contributed by atoms with E-state index in [9.17, 15) is 9.59 Å². The molecule has 0 bridgehead atoms. The minimum Gasteiger partial charge on any atom is -0.289 e. The number of thiophene rings is 1. The van der Waals surface area contributed by atoms with Crippen molar-refractivity contribution >= 4 is 27.5 Å². The fraction of sp³-hybridized carbons (Fsp3) is 0.188. The van der Waals surface area contributed by atoms with Gasteiger partial charge in [-0.1, -0.05) is 29.8 Å². The van der Waals surface area contributed by atoms with E-state index < -0.39 is 5.91 Å². The SMILES string of the molecule is CONC(=O)Cn1cnc2scc(-c3ccc(C)cc3)c2c1=O. The van der Waals surface area contributed by atoms with E-state index in [1.807, 2.05) is 36.6 Å². The second kappa shape index (κ2) is 6.31. The number of rotatable bonds is 4. The zero-order valence-electron chi connectivity index (χ0n) is 12.7. The minimum atomic E-state index is -0.414. The van der Waals surface area contributed by atoms with E-state index in [4.69, 9.17) is 0 Å². The summed E-state index contributed by atoms with van der Waals surface area (Å²) >= 11 is 1.42. The van der Waals surface area contributed by atoms with Gasteiger partial charge in [0.1, 0.15) is 11.4 Å². The highest BCUT2D eigenvalue weighted by molar-refractivity contribution is 7.17. The van der Waals surface area contributed by atoms with Gasteiger partial charge in [0.2, 0.25) is 0 Å². The summed E-state index contributed by atoms with van der Waals surface area (Å²) in [6, 6.07) is 7.95. The Hall–Kier alpha value is -2.51. The molecule has 1 N–H and O–H groups in total. The lowest BCUT2D eigenvalue weighted by atomic mass is 10.1. The van der Waals surface area contributed by atoms with Gasteiger partial charge in [0.05, 0.1) is 18.8 Å². The second-order valence-corrected chi connectivity index (χ2v) is 5.96. The number of benzene rings is 1. The number of amides is 1. The van der Waals surface area contributed by atoms with Gasteiger partial charge < -0.3 is 0 Å². The molecule has 2 heterocycles. The van der Waals surface area contributed by atoms with E-state index in [1.165, 1.54) is 29.3 Å². The average Bonchev–Trinajstić information content (AvgIpc) is 2.96. The molecule has 0 saturated carbocycles. The molecule has 0 atom stereocenters. The topological polar surface area (TPSA) is 73.2 Å². The van der Waals surface area contributed by atoms with Crippen molar-refractivity contribution in [2.75, 3.05) is 7.11 Å². The van der Waals surface area contributed by atoms with Crippen LogP contribution in [0.3, 0.4) is 0 Å². The lowest BCUT2D eigenvalue weighted by molar-refractivity contribution is -0.131. The molecule has 0 aliphatic heterocycles. The molecule has 7 heteroatoms. The summed E-state index contributed by atoms with van der Waals surface area (Å²) < 4.78 is 1.28. The van der Waals surface area contributed by atoms with E-state index in [2.05, 4.69) is 15.3 Å². The Morgan fingerprint density at radius 1 is 1.35 bits per heavy atom. The summed E-state index contributed by atoms with van der Waals surface area (Å²) in [5.41, 5.74) is 4.90. The molecule has 3 rings (SSSR count). The van der Waals surface area contributed by atoms with E-state index in [0.29, 0.717) is 10.2 Å². The van der Waals surface area contributed by atoms with Gasteiger partial charge in [0, 0.05) is 10.9 Å². The number of nitrogens with one attached hydrogen (secondary N) is 1. The summed E-state index contributed by atoms with van der Waals surface area (Å²) in [6.07, 6.45) is 1.38. The van der Waals surface area contributed by atoms with Crippen LogP contribution in [0.25, 0.3) is 21.3 Å². The van der Waals surface area contributed by atoms with E-state index in [-0.39, 0.29) is 12.1 Å². The first kappa shape index (κ1) is 15.4. The Labute approximate surface area is 136 Å². The van der Waals surface area contributed by atoms with Gasteiger partial charge in [-0.15, -0.1) is 11.3 Å². The molecular formula is C16H15N3O3S. The van der Waals surface area contributed by atoms with Crippen molar-refractivity contribution < 1.29 is 9.63 Å². The van der Waals surface area contributed by atoms with Crippen LogP contribution in [0.5, 0.6) is 0 Å². The van der Waals surface area contributed by atoms with Crippen LogP contribution in [0, 0.1) is 6.92 Å². The summed E-state index contributed by atoms with van der Waals surface area (Å²) in [5.74, 6) is -0.414. The third-order valence-corrected chi connectivity index (χ3v) is 4.34. The van der Waals surface area contributed by atoms with Crippen LogP contribution in [-0.4, -0.2) is 22.6 Å². The van der Waals surface area contributed by atoms with Crippen molar-refractivity contribution in [3.63, 3.8) is 0 Å². The lowest BCUT2D eigenvalue weighted by Gasteiger charge is -2.06. The highest BCUT2D eigenvalue weighted by Gasteiger charge is 2.14. The van der Waals surface area contributed by atoms with Crippen LogP contribution in [0.15, 0.2) is 40.8 Å². The van der Waals surface area contributed by atoms with Gasteiger partial charge >= 0.3 is 0 Å². The van der Waals surface area contributed by atoms with E-state index in [0.717, 1.165) is 16.7 Å². The Bertz CT molecular complexity index is 912. The molecule has 6 nitrogen and oxygen atoms in total. The predicted octanol–water partition coefficient (Wildman–Crippen LogP) is 2.11. The third-order valence-electron chi connectivity index (χ3n) is 3.45. The standard InChI is InChI=1S/C16H15N3O3S/c1-10-3-5-11(6-4-10)12-8-23-15-14(12)16(21)19(9-17-15)7-13(20)18-22-2/h3-6,8-9H,7H2,1-2H3,(H,18,20). The molecule has 23 heavy (non-hydrogen) atoms. The Morgan fingerprint density at radius 3 is 2.78 bits per heavy atom. The first-order chi connectivity index (χ1) is 11.1.